The molecule has 0 saturated heterocycles. The molecule has 0 rings (SSSR count). The van der Waals surface area contributed by atoms with Crippen molar-refractivity contribution in [2.45, 2.75) is 6.92 Å². The number of carboxylic acid groups (broad SMARTS) is 1. The maximum absolute atomic E-state index is 10.2. The molecular weight excluding hydrogens is 166 g/mol. The predicted octanol–water partition coefficient (Wildman–Crippen LogP) is -0.923. The normalized spacial score (nSPS) is 9.91. The largest absolute Gasteiger partial charge is 0.549 e. The highest BCUT2D eigenvalue weighted by atomic mass is 32.2. The molecule has 0 atom stereocenters. The van der Waals surface area contributed by atoms with Crippen LogP contribution in [0.1, 0.15) is 6.92 Å². The van der Waals surface area contributed by atoms with Gasteiger partial charge < -0.3 is 15.2 Å². The Kier molecular flexibility index (Phi) is 5.28. The zero-order valence-corrected chi connectivity index (χ0v) is 6.81. The highest BCUT2D eigenvalue weighted by molar-refractivity contribution is 8.02. The van der Waals surface area contributed by atoms with Crippen molar-refractivity contribution in [2.75, 3.05) is 5.75 Å². The molecule has 0 aliphatic heterocycles. The van der Waals surface area contributed by atoms with E-state index in [1.165, 1.54) is 18.5 Å². The van der Waals surface area contributed by atoms with Crippen LogP contribution in [-0.2, 0) is 9.59 Å². The van der Waals surface area contributed by atoms with Crippen molar-refractivity contribution in [3.05, 3.63) is 11.6 Å². The summed E-state index contributed by atoms with van der Waals surface area (Å²) < 4.78 is 0. The zero-order chi connectivity index (χ0) is 8.69. The van der Waals surface area contributed by atoms with Gasteiger partial charge in [-0.1, -0.05) is 0 Å². The molecule has 0 heterocycles. The summed E-state index contributed by atoms with van der Waals surface area (Å²) >= 11 is 1.05. The molecule has 11 heavy (non-hydrogen) atoms. The molecule has 1 amide bonds. The molecule has 0 aliphatic rings. The summed E-state index contributed by atoms with van der Waals surface area (Å²) in [5.74, 6) is -1.41. The van der Waals surface area contributed by atoms with Crippen LogP contribution in [0.4, 0.5) is 0 Å². The minimum atomic E-state index is -1.12. The summed E-state index contributed by atoms with van der Waals surface area (Å²) in [6.45, 7) is 1.37. The SMILES string of the molecule is CC(=O)N/C=C/SCC(=O)[O-]. The fraction of sp³-hybridized carbons (Fsp3) is 0.333. The number of rotatable bonds is 4. The first-order valence-corrected chi connectivity index (χ1v) is 3.91. The van der Waals surface area contributed by atoms with Gasteiger partial charge in [0.15, 0.2) is 0 Å². The van der Waals surface area contributed by atoms with Crippen LogP contribution in [0.3, 0.4) is 0 Å². The molecule has 0 aliphatic carbocycles. The van der Waals surface area contributed by atoms with Gasteiger partial charge in [-0.25, -0.2) is 0 Å². The molecule has 0 aromatic carbocycles. The standard InChI is InChI=1S/C6H9NO3S/c1-5(8)7-2-3-11-4-6(9)10/h2-3H,4H2,1H3,(H,7,8)(H,9,10)/p-1/b3-2+. The molecule has 5 heteroatoms. The Hall–Kier alpha value is -0.970. The lowest BCUT2D eigenvalue weighted by Gasteiger charge is -1.95. The van der Waals surface area contributed by atoms with Gasteiger partial charge in [0.2, 0.25) is 5.91 Å². The van der Waals surface area contributed by atoms with Crippen molar-refractivity contribution >= 4 is 23.6 Å². The molecule has 1 N–H and O–H groups in total. The van der Waals surface area contributed by atoms with Crippen LogP contribution in [0.15, 0.2) is 11.6 Å². The number of hydrogen-bond donors (Lipinski definition) is 1. The van der Waals surface area contributed by atoms with Crippen molar-refractivity contribution in [3.8, 4) is 0 Å². The van der Waals surface area contributed by atoms with Crippen LogP contribution < -0.4 is 10.4 Å². The molecular formula is C6H8NO3S-. The lowest BCUT2D eigenvalue weighted by atomic mass is 10.7. The van der Waals surface area contributed by atoms with Crippen LogP contribution in [0.25, 0.3) is 0 Å². The van der Waals surface area contributed by atoms with Gasteiger partial charge in [0.1, 0.15) is 0 Å². The van der Waals surface area contributed by atoms with Gasteiger partial charge >= 0.3 is 0 Å². The third kappa shape index (κ3) is 9.03. The molecule has 62 valence electrons. The minimum Gasteiger partial charge on any atom is -0.549 e. The van der Waals surface area contributed by atoms with E-state index in [0.717, 1.165) is 11.8 Å². The Bertz CT molecular complexity index is 179. The summed E-state index contributed by atoms with van der Waals surface area (Å²) in [6.07, 6.45) is 1.38. The van der Waals surface area contributed by atoms with Crippen molar-refractivity contribution in [1.82, 2.24) is 5.32 Å². The summed E-state index contributed by atoms with van der Waals surface area (Å²) in [5.41, 5.74) is 0. The Labute approximate surface area is 68.7 Å². The van der Waals surface area contributed by atoms with Crippen LogP contribution in [0.2, 0.25) is 0 Å². The van der Waals surface area contributed by atoms with Crippen LogP contribution >= 0.6 is 11.8 Å². The highest BCUT2D eigenvalue weighted by Gasteiger charge is 1.83. The molecule has 0 fully saturated rings. The van der Waals surface area contributed by atoms with E-state index in [1.807, 2.05) is 0 Å². The lowest BCUT2D eigenvalue weighted by molar-refractivity contribution is -0.301. The zero-order valence-electron chi connectivity index (χ0n) is 5.99. The van der Waals surface area contributed by atoms with Gasteiger partial charge in [0.25, 0.3) is 0 Å². The first-order valence-electron chi connectivity index (χ1n) is 2.86. The first-order chi connectivity index (χ1) is 5.13. The van der Waals surface area contributed by atoms with Gasteiger partial charge in [-0.3, -0.25) is 4.79 Å². The van der Waals surface area contributed by atoms with Crippen molar-refractivity contribution in [3.63, 3.8) is 0 Å². The molecule has 0 aromatic rings. The van der Waals surface area contributed by atoms with Gasteiger partial charge in [-0.15, -0.1) is 11.8 Å². The Morgan fingerprint density at radius 1 is 1.64 bits per heavy atom. The lowest BCUT2D eigenvalue weighted by Crippen LogP contribution is -2.24. The van der Waals surface area contributed by atoms with Gasteiger partial charge in [0.05, 0.1) is 5.97 Å². The van der Waals surface area contributed by atoms with Crippen molar-refractivity contribution in [2.24, 2.45) is 0 Å². The van der Waals surface area contributed by atoms with E-state index in [1.54, 1.807) is 0 Å². The molecule has 0 spiro atoms. The maximum atomic E-state index is 10.2. The second-order valence-corrected chi connectivity index (χ2v) is 2.58. The smallest absolute Gasteiger partial charge is 0.220 e. The predicted molar refractivity (Wildman–Crippen MR) is 40.4 cm³/mol. The molecule has 0 bridgehead atoms. The number of thioether (sulfide) groups is 1. The fourth-order valence-corrected chi connectivity index (χ4v) is 0.712. The number of carbonyl (C=O) groups is 2. The fourth-order valence-electron chi connectivity index (χ4n) is 0.316. The average Bonchev–Trinajstić information content (AvgIpc) is 1.85. The topological polar surface area (TPSA) is 69.2 Å². The first kappa shape index (κ1) is 10.0. The summed E-state index contributed by atoms with van der Waals surface area (Å²) in [7, 11) is 0. The van der Waals surface area contributed by atoms with Crippen molar-refractivity contribution < 1.29 is 14.7 Å². The second-order valence-electron chi connectivity index (χ2n) is 1.69. The maximum Gasteiger partial charge on any atom is 0.220 e. The Balaban J connectivity index is 3.30. The summed E-state index contributed by atoms with van der Waals surface area (Å²) in [5, 5.41) is 13.7. The second kappa shape index (κ2) is 5.79. The van der Waals surface area contributed by atoms with E-state index in [0.29, 0.717) is 0 Å². The van der Waals surface area contributed by atoms with Gasteiger partial charge in [-0.2, -0.15) is 0 Å². The van der Waals surface area contributed by atoms with Gasteiger partial charge in [0, 0.05) is 18.9 Å². The monoisotopic (exact) mass is 174 g/mol. The summed E-state index contributed by atoms with van der Waals surface area (Å²) in [6, 6.07) is 0. The molecule has 4 nitrogen and oxygen atoms in total. The van der Waals surface area contributed by atoms with E-state index < -0.39 is 5.97 Å². The van der Waals surface area contributed by atoms with E-state index in [4.69, 9.17) is 0 Å². The summed E-state index contributed by atoms with van der Waals surface area (Å²) in [4.78, 5) is 20.1. The quantitative estimate of drug-likeness (QED) is 0.598. The third-order valence-corrected chi connectivity index (χ3v) is 1.38. The molecule has 0 unspecified atom stereocenters. The Morgan fingerprint density at radius 2 is 2.27 bits per heavy atom. The minimum absolute atomic E-state index is 0.101. The third-order valence-electron chi connectivity index (χ3n) is 0.652. The number of aliphatic carboxylic acids is 1. The number of amides is 1. The van der Waals surface area contributed by atoms with E-state index >= 15 is 0 Å². The average molecular weight is 174 g/mol. The Morgan fingerprint density at radius 3 is 2.73 bits per heavy atom. The van der Waals surface area contributed by atoms with E-state index in [2.05, 4.69) is 5.32 Å². The molecule has 0 aromatic heterocycles. The van der Waals surface area contributed by atoms with E-state index in [9.17, 15) is 14.7 Å². The van der Waals surface area contributed by atoms with Crippen molar-refractivity contribution in [1.29, 1.82) is 0 Å². The number of carbonyl (C=O) groups excluding carboxylic acids is 2. The van der Waals surface area contributed by atoms with Crippen LogP contribution in [0, 0.1) is 0 Å². The number of carboxylic acids is 1. The van der Waals surface area contributed by atoms with Crippen LogP contribution in [0.5, 0.6) is 0 Å². The number of nitrogens with one attached hydrogen (secondary N) is 1. The van der Waals surface area contributed by atoms with Gasteiger partial charge in [-0.05, 0) is 5.41 Å². The molecule has 0 radical (unpaired) electrons. The number of hydrogen-bond acceptors (Lipinski definition) is 4. The van der Waals surface area contributed by atoms with Crippen LogP contribution in [-0.4, -0.2) is 17.6 Å². The molecule has 0 saturated carbocycles. The van der Waals surface area contributed by atoms with E-state index in [-0.39, 0.29) is 11.7 Å². The highest BCUT2D eigenvalue weighted by Crippen LogP contribution is 1.98.